The Morgan fingerprint density at radius 1 is 1.26 bits per heavy atom. The highest BCUT2D eigenvalue weighted by Crippen LogP contribution is 2.26. The van der Waals surface area contributed by atoms with Gasteiger partial charge in [0.15, 0.2) is 0 Å². The second-order valence-electron chi connectivity index (χ2n) is 8.23. The Morgan fingerprint density at radius 2 is 1.97 bits per heavy atom. The molecule has 1 aliphatic rings. The average molecular weight is 445 g/mol. The molecule has 2 aromatic rings. The lowest BCUT2D eigenvalue weighted by Gasteiger charge is -2.31. The van der Waals surface area contributed by atoms with Crippen LogP contribution in [0.5, 0.6) is 0 Å². The molecule has 2 N–H and O–H groups in total. The third-order valence-corrected chi connectivity index (χ3v) is 6.83. The molecule has 2 amide bonds. The molecule has 0 radical (unpaired) electrons. The average Bonchev–Trinajstić information content (AvgIpc) is 3.07. The van der Waals surface area contributed by atoms with Crippen molar-refractivity contribution in [3.8, 4) is 6.07 Å². The Labute approximate surface area is 182 Å². The molecule has 3 unspecified atom stereocenters. The number of rotatable bonds is 7. The van der Waals surface area contributed by atoms with Crippen molar-refractivity contribution in [2.75, 3.05) is 12.0 Å². The Bertz CT molecular complexity index is 1120. The first-order valence-electron chi connectivity index (χ1n) is 10.4. The standard InChI is InChI=1S/C22H28N4O4S/c1-26-19-10-6-3-7-15(19)13-20(26)22(28)25-18-9-5-4-8-17(18)21(27)24-16(14-23)11-12-31(2,29)30/h3,6-7,10,13,16-18H,4-5,8-9,11-12H2,1-2H3,(H,24,27)(H,25,28). The minimum atomic E-state index is -3.22. The van der Waals surface area contributed by atoms with Crippen LogP contribution in [-0.2, 0) is 21.7 Å². The monoisotopic (exact) mass is 444 g/mol. The van der Waals surface area contributed by atoms with E-state index in [4.69, 9.17) is 0 Å². The molecule has 1 fully saturated rings. The number of amides is 2. The molecule has 1 saturated carbocycles. The van der Waals surface area contributed by atoms with Crippen molar-refractivity contribution in [2.45, 2.75) is 44.2 Å². The van der Waals surface area contributed by atoms with E-state index in [0.29, 0.717) is 18.5 Å². The number of para-hydroxylation sites is 1. The van der Waals surface area contributed by atoms with Gasteiger partial charge in [-0.15, -0.1) is 0 Å². The third-order valence-electron chi connectivity index (χ3n) is 5.85. The summed E-state index contributed by atoms with van der Waals surface area (Å²) in [5.74, 6) is -1.18. The normalized spacial score (nSPS) is 20.0. The highest BCUT2D eigenvalue weighted by atomic mass is 32.2. The summed E-state index contributed by atoms with van der Waals surface area (Å²) in [6.45, 7) is 0. The highest BCUT2D eigenvalue weighted by Gasteiger charge is 2.33. The number of hydrogen-bond acceptors (Lipinski definition) is 5. The SMILES string of the molecule is Cn1c(C(=O)NC2CCCCC2C(=O)NC(C#N)CCS(C)(=O)=O)cc2ccccc21. The summed E-state index contributed by atoms with van der Waals surface area (Å²) in [6.07, 6.45) is 4.19. The van der Waals surface area contributed by atoms with Gasteiger partial charge in [0.1, 0.15) is 21.6 Å². The first kappa shape index (κ1) is 22.8. The van der Waals surface area contributed by atoms with Crippen LogP contribution in [0.3, 0.4) is 0 Å². The van der Waals surface area contributed by atoms with E-state index < -0.39 is 21.8 Å². The number of sulfone groups is 1. The fraction of sp³-hybridized carbons (Fsp3) is 0.500. The van der Waals surface area contributed by atoms with Gasteiger partial charge in [0.2, 0.25) is 5.91 Å². The van der Waals surface area contributed by atoms with Crippen molar-refractivity contribution in [3.05, 3.63) is 36.0 Å². The summed E-state index contributed by atoms with van der Waals surface area (Å²) >= 11 is 0. The van der Waals surface area contributed by atoms with Crippen molar-refractivity contribution < 1.29 is 18.0 Å². The number of nitriles is 1. The van der Waals surface area contributed by atoms with E-state index in [2.05, 4.69) is 10.6 Å². The number of hydrogen-bond donors (Lipinski definition) is 2. The van der Waals surface area contributed by atoms with Crippen LogP contribution in [0.15, 0.2) is 30.3 Å². The van der Waals surface area contributed by atoms with Crippen LogP contribution in [0.25, 0.3) is 10.9 Å². The number of aryl methyl sites for hydroxylation is 1. The summed E-state index contributed by atoms with van der Waals surface area (Å²) < 4.78 is 24.6. The first-order chi connectivity index (χ1) is 14.7. The lowest BCUT2D eigenvalue weighted by molar-refractivity contribution is -0.127. The fourth-order valence-electron chi connectivity index (χ4n) is 4.15. The third kappa shape index (κ3) is 5.64. The largest absolute Gasteiger partial charge is 0.347 e. The smallest absolute Gasteiger partial charge is 0.268 e. The molecule has 0 saturated heterocycles. The van der Waals surface area contributed by atoms with E-state index in [1.54, 1.807) is 0 Å². The minimum Gasteiger partial charge on any atom is -0.347 e. The predicted octanol–water partition coefficient (Wildman–Crippen LogP) is 1.91. The molecule has 0 bridgehead atoms. The van der Waals surface area contributed by atoms with Crippen molar-refractivity contribution in [1.29, 1.82) is 5.26 Å². The summed E-state index contributed by atoms with van der Waals surface area (Å²) in [7, 11) is -1.39. The maximum atomic E-state index is 13.0. The van der Waals surface area contributed by atoms with Gasteiger partial charge in [0.05, 0.1) is 17.7 Å². The van der Waals surface area contributed by atoms with Crippen LogP contribution in [0.2, 0.25) is 0 Å². The minimum absolute atomic E-state index is 0.0424. The summed E-state index contributed by atoms with van der Waals surface area (Å²) in [4.78, 5) is 25.8. The van der Waals surface area contributed by atoms with Gasteiger partial charge >= 0.3 is 0 Å². The van der Waals surface area contributed by atoms with Crippen LogP contribution in [0, 0.1) is 17.2 Å². The number of carbonyl (C=O) groups is 2. The fourth-order valence-corrected chi connectivity index (χ4v) is 4.81. The van der Waals surface area contributed by atoms with E-state index in [9.17, 15) is 23.3 Å². The molecule has 1 aromatic carbocycles. The van der Waals surface area contributed by atoms with Crippen LogP contribution in [0.4, 0.5) is 0 Å². The molecule has 31 heavy (non-hydrogen) atoms. The van der Waals surface area contributed by atoms with E-state index in [1.165, 1.54) is 0 Å². The Balaban J connectivity index is 1.69. The molecule has 9 heteroatoms. The quantitative estimate of drug-likeness (QED) is 0.676. The van der Waals surface area contributed by atoms with Gasteiger partial charge in [-0.25, -0.2) is 8.42 Å². The first-order valence-corrected chi connectivity index (χ1v) is 12.5. The van der Waals surface area contributed by atoms with Crippen LogP contribution >= 0.6 is 0 Å². The van der Waals surface area contributed by atoms with Crippen LogP contribution in [-0.4, -0.2) is 48.9 Å². The number of benzene rings is 1. The lowest BCUT2D eigenvalue weighted by atomic mass is 9.83. The molecule has 1 heterocycles. The summed E-state index contributed by atoms with van der Waals surface area (Å²) in [6, 6.07) is 10.3. The predicted molar refractivity (Wildman–Crippen MR) is 118 cm³/mol. The lowest BCUT2D eigenvalue weighted by Crippen LogP contribution is -2.50. The number of aromatic nitrogens is 1. The van der Waals surface area contributed by atoms with Crippen molar-refractivity contribution in [1.82, 2.24) is 15.2 Å². The van der Waals surface area contributed by atoms with Gasteiger partial charge < -0.3 is 15.2 Å². The van der Waals surface area contributed by atoms with Crippen LogP contribution < -0.4 is 10.6 Å². The summed E-state index contributed by atoms with van der Waals surface area (Å²) in [5.41, 5.74) is 1.47. The Kier molecular flexibility index (Phi) is 7.01. The molecule has 3 atom stereocenters. The molecule has 3 rings (SSSR count). The zero-order valence-corrected chi connectivity index (χ0v) is 18.6. The second-order valence-corrected chi connectivity index (χ2v) is 10.5. The zero-order valence-electron chi connectivity index (χ0n) is 17.8. The maximum absolute atomic E-state index is 13.0. The zero-order chi connectivity index (χ0) is 22.6. The topological polar surface area (TPSA) is 121 Å². The maximum Gasteiger partial charge on any atom is 0.268 e. The van der Waals surface area contributed by atoms with Gasteiger partial charge in [0, 0.05) is 30.2 Å². The van der Waals surface area contributed by atoms with Gasteiger partial charge in [-0.05, 0) is 31.4 Å². The molecule has 166 valence electrons. The molecule has 1 aliphatic carbocycles. The molecule has 0 aliphatic heterocycles. The van der Waals surface area contributed by atoms with Crippen molar-refractivity contribution >= 4 is 32.6 Å². The Hall–Kier alpha value is -2.86. The van der Waals surface area contributed by atoms with Gasteiger partial charge in [-0.3, -0.25) is 9.59 Å². The number of carbonyl (C=O) groups excluding carboxylic acids is 2. The van der Waals surface area contributed by atoms with Crippen molar-refractivity contribution in [3.63, 3.8) is 0 Å². The number of nitrogens with zero attached hydrogens (tertiary/aromatic N) is 2. The van der Waals surface area contributed by atoms with Crippen LogP contribution in [0.1, 0.15) is 42.6 Å². The van der Waals surface area contributed by atoms with Gasteiger partial charge in [0.25, 0.3) is 5.91 Å². The molecular formula is C22H28N4O4S. The van der Waals surface area contributed by atoms with E-state index in [1.807, 2.05) is 48.0 Å². The summed E-state index contributed by atoms with van der Waals surface area (Å²) in [5, 5.41) is 15.9. The second kappa shape index (κ2) is 9.52. The molecule has 8 nitrogen and oxygen atoms in total. The number of nitrogens with one attached hydrogen (secondary N) is 2. The van der Waals surface area contributed by atoms with Crippen molar-refractivity contribution in [2.24, 2.45) is 13.0 Å². The molecule has 1 aromatic heterocycles. The van der Waals surface area contributed by atoms with Gasteiger partial charge in [-0.2, -0.15) is 5.26 Å². The molecule has 0 spiro atoms. The van der Waals surface area contributed by atoms with Gasteiger partial charge in [-0.1, -0.05) is 31.0 Å². The van der Waals surface area contributed by atoms with E-state index >= 15 is 0 Å². The van der Waals surface area contributed by atoms with E-state index in [-0.39, 0.29) is 30.0 Å². The Morgan fingerprint density at radius 3 is 2.65 bits per heavy atom. The molecular weight excluding hydrogens is 416 g/mol. The number of fused-ring (bicyclic) bond motifs is 1. The highest BCUT2D eigenvalue weighted by molar-refractivity contribution is 7.90. The van der Waals surface area contributed by atoms with E-state index in [0.717, 1.165) is 30.0 Å².